The smallest absolute Gasteiger partial charge is 0.107 e. The lowest BCUT2D eigenvalue weighted by Gasteiger charge is -2.58. The van der Waals surface area contributed by atoms with Crippen molar-refractivity contribution in [2.24, 2.45) is 11.8 Å². The predicted octanol–water partition coefficient (Wildman–Crippen LogP) is 2.59. The second-order valence-corrected chi connectivity index (χ2v) is 6.67. The molecule has 4 bridgehead atoms. The van der Waals surface area contributed by atoms with Gasteiger partial charge in [0.15, 0.2) is 0 Å². The molecule has 3 nitrogen and oxygen atoms in total. The Morgan fingerprint density at radius 3 is 2.47 bits per heavy atom. The summed E-state index contributed by atoms with van der Waals surface area (Å²) >= 11 is 0. The van der Waals surface area contributed by atoms with Crippen LogP contribution in [0.5, 0.6) is 0 Å². The quantitative estimate of drug-likeness (QED) is 0.465. The summed E-state index contributed by atoms with van der Waals surface area (Å²) in [5.74, 6) is 1.27. The Kier molecular flexibility index (Phi) is 2.62. The van der Waals surface area contributed by atoms with Crippen LogP contribution in [0.25, 0.3) is 0 Å². The van der Waals surface area contributed by atoms with Crippen molar-refractivity contribution in [2.45, 2.75) is 56.7 Å². The van der Waals surface area contributed by atoms with Gasteiger partial charge in [-0.2, -0.15) is 0 Å². The molecule has 0 aliphatic heterocycles. The van der Waals surface area contributed by atoms with Crippen molar-refractivity contribution in [2.75, 3.05) is 6.61 Å². The summed E-state index contributed by atoms with van der Waals surface area (Å²) in [6.45, 7) is 6.18. The van der Waals surface area contributed by atoms with Crippen molar-refractivity contribution in [1.82, 2.24) is 0 Å². The maximum Gasteiger partial charge on any atom is 0.107 e. The SMILES string of the molecule is C=C(C)COOC12CC3CC(CC(O)(C3)C1)C2. The first kappa shape index (κ1) is 11.7. The molecule has 4 rings (SSSR count). The van der Waals surface area contributed by atoms with Crippen LogP contribution in [0.15, 0.2) is 12.2 Å². The fraction of sp³-hybridized carbons (Fsp3) is 0.857. The van der Waals surface area contributed by atoms with E-state index >= 15 is 0 Å². The first-order valence-corrected chi connectivity index (χ1v) is 6.66. The minimum Gasteiger partial charge on any atom is -0.390 e. The molecular weight excluding hydrogens is 216 g/mol. The van der Waals surface area contributed by atoms with Crippen LogP contribution in [0.4, 0.5) is 0 Å². The van der Waals surface area contributed by atoms with Crippen molar-refractivity contribution in [1.29, 1.82) is 0 Å². The molecule has 0 saturated heterocycles. The van der Waals surface area contributed by atoms with Crippen LogP contribution < -0.4 is 0 Å². The maximum absolute atomic E-state index is 10.5. The largest absolute Gasteiger partial charge is 0.390 e. The minimum atomic E-state index is -0.476. The molecule has 4 fully saturated rings. The van der Waals surface area contributed by atoms with Gasteiger partial charge in [0.05, 0.1) is 5.60 Å². The van der Waals surface area contributed by atoms with Crippen molar-refractivity contribution in [3.63, 3.8) is 0 Å². The molecule has 17 heavy (non-hydrogen) atoms. The lowest BCUT2D eigenvalue weighted by atomic mass is 9.52. The Bertz CT molecular complexity index is 322. The Morgan fingerprint density at radius 2 is 1.94 bits per heavy atom. The van der Waals surface area contributed by atoms with Crippen LogP contribution in [0.1, 0.15) is 45.4 Å². The molecule has 2 atom stereocenters. The monoisotopic (exact) mass is 238 g/mol. The van der Waals surface area contributed by atoms with E-state index in [4.69, 9.17) is 9.78 Å². The summed E-state index contributed by atoms with van der Waals surface area (Å²) in [4.78, 5) is 11.0. The molecule has 3 heteroatoms. The average Bonchev–Trinajstić information content (AvgIpc) is 2.11. The highest BCUT2D eigenvalue weighted by atomic mass is 17.2. The zero-order valence-electron chi connectivity index (χ0n) is 10.6. The Balaban J connectivity index is 1.68. The molecule has 2 unspecified atom stereocenters. The summed E-state index contributed by atoms with van der Waals surface area (Å²) in [7, 11) is 0. The standard InChI is InChI=1S/C14H22O3/c1-10(2)8-16-17-14-6-11-3-12(7-14)5-13(15,4-11)9-14/h11-12,15H,1,3-9H2,2H3. The van der Waals surface area contributed by atoms with Crippen molar-refractivity contribution < 1.29 is 14.9 Å². The van der Waals surface area contributed by atoms with Gasteiger partial charge >= 0.3 is 0 Å². The van der Waals surface area contributed by atoms with Crippen LogP contribution >= 0.6 is 0 Å². The third-order valence-corrected chi connectivity index (χ3v) is 4.52. The van der Waals surface area contributed by atoms with Crippen LogP contribution in [-0.4, -0.2) is 22.9 Å². The van der Waals surface area contributed by atoms with E-state index in [9.17, 15) is 5.11 Å². The van der Waals surface area contributed by atoms with Gasteiger partial charge in [0, 0.05) is 6.42 Å². The van der Waals surface area contributed by atoms with Crippen LogP contribution in [0.2, 0.25) is 0 Å². The number of hydrogen-bond donors (Lipinski definition) is 1. The highest BCUT2D eigenvalue weighted by Gasteiger charge is 2.58. The number of aliphatic hydroxyl groups is 1. The topological polar surface area (TPSA) is 38.7 Å². The number of hydrogen-bond acceptors (Lipinski definition) is 3. The van der Waals surface area contributed by atoms with E-state index in [0.29, 0.717) is 18.4 Å². The zero-order chi connectivity index (χ0) is 12.1. The van der Waals surface area contributed by atoms with Gasteiger partial charge in [-0.15, -0.1) is 0 Å². The zero-order valence-corrected chi connectivity index (χ0v) is 10.6. The van der Waals surface area contributed by atoms with Gasteiger partial charge in [0.2, 0.25) is 0 Å². The summed E-state index contributed by atoms with van der Waals surface area (Å²) in [5.41, 5.74) is 0.277. The first-order chi connectivity index (χ1) is 7.99. The molecule has 4 aliphatic carbocycles. The molecule has 1 N–H and O–H groups in total. The van der Waals surface area contributed by atoms with E-state index in [1.54, 1.807) is 0 Å². The lowest BCUT2D eigenvalue weighted by molar-refractivity contribution is -0.392. The Hall–Kier alpha value is -0.380. The van der Waals surface area contributed by atoms with Gasteiger partial charge in [-0.05, 0) is 50.9 Å². The molecule has 0 heterocycles. The van der Waals surface area contributed by atoms with Gasteiger partial charge in [0.25, 0.3) is 0 Å². The number of rotatable bonds is 4. The summed E-state index contributed by atoms with van der Waals surface area (Å²) in [6.07, 6.45) is 6.07. The summed E-state index contributed by atoms with van der Waals surface area (Å²) in [5, 5.41) is 10.5. The fourth-order valence-corrected chi connectivity index (χ4v) is 4.48. The van der Waals surface area contributed by atoms with Crippen molar-refractivity contribution in [3.05, 3.63) is 12.2 Å². The Morgan fingerprint density at radius 1 is 1.29 bits per heavy atom. The lowest BCUT2D eigenvalue weighted by Crippen LogP contribution is -2.59. The molecule has 0 aromatic heterocycles. The van der Waals surface area contributed by atoms with E-state index in [-0.39, 0.29) is 5.60 Å². The average molecular weight is 238 g/mol. The van der Waals surface area contributed by atoms with Crippen molar-refractivity contribution in [3.8, 4) is 0 Å². The van der Waals surface area contributed by atoms with Crippen molar-refractivity contribution >= 4 is 0 Å². The molecule has 4 saturated carbocycles. The summed E-state index contributed by atoms with van der Waals surface area (Å²) < 4.78 is 0. The normalized spacial score (nSPS) is 47.4. The van der Waals surface area contributed by atoms with Gasteiger partial charge < -0.3 is 5.11 Å². The van der Waals surface area contributed by atoms with E-state index in [1.807, 2.05) is 6.92 Å². The minimum absolute atomic E-state index is 0.214. The molecule has 0 aromatic carbocycles. The van der Waals surface area contributed by atoms with Crippen LogP contribution in [0, 0.1) is 11.8 Å². The maximum atomic E-state index is 10.5. The third-order valence-electron chi connectivity index (χ3n) is 4.52. The first-order valence-electron chi connectivity index (χ1n) is 6.66. The van der Waals surface area contributed by atoms with E-state index in [0.717, 1.165) is 37.7 Å². The van der Waals surface area contributed by atoms with E-state index in [1.165, 1.54) is 6.42 Å². The van der Waals surface area contributed by atoms with E-state index < -0.39 is 5.60 Å². The highest BCUT2D eigenvalue weighted by molar-refractivity contribution is 5.09. The molecule has 0 spiro atoms. The van der Waals surface area contributed by atoms with Gasteiger partial charge in [-0.3, -0.25) is 0 Å². The van der Waals surface area contributed by atoms with Crippen LogP contribution in [0.3, 0.4) is 0 Å². The fourth-order valence-electron chi connectivity index (χ4n) is 4.48. The second kappa shape index (κ2) is 3.81. The van der Waals surface area contributed by atoms with Gasteiger partial charge in [-0.25, -0.2) is 9.78 Å². The van der Waals surface area contributed by atoms with Gasteiger partial charge in [-0.1, -0.05) is 12.2 Å². The molecular formula is C14H22O3. The third kappa shape index (κ3) is 2.16. The van der Waals surface area contributed by atoms with Gasteiger partial charge in [0.1, 0.15) is 12.2 Å². The molecule has 0 aromatic rings. The van der Waals surface area contributed by atoms with E-state index in [2.05, 4.69) is 6.58 Å². The molecule has 0 radical (unpaired) electrons. The van der Waals surface area contributed by atoms with Crippen LogP contribution in [-0.2, 0) is 9.78 Å². The molecule has 0 amide bonds. The highest BCUT2D eigenvalue weighted by Crippen LogP contribution is 2.58. The molecule has 4 aliphatic rings. The predicted molar refractivity (Wildman–Crippen MR) is 64.2 cm³/mol. The molecule has 96 valence electrons. The summed E-state index contributed by atoms with van der Waals surface area (Å²) in [6, 6.07) is 0. The second-order valence-electron chi connectivity index (χ2n) is 6.67. The Labute approximate surface area is 103 Å².